The molecule has 1 aromatic heterocycles. The van der Waals surface area contributed by atoms with Crippen molar-refractivity contribution in [2.45, 2.75) is 38.4 Å². The monoisotopic (exact) mass is 302 g/mol. The van der Waals surface area contributed by atoms with E-state index in [1.165, 1.54) is 12.8 Å². The highest BCUT2D eigenvalue weighted by atomic mass is 16.5. The molecule has 0 saturated carbocycles. The van der Waals surface area contributed by atoms with Gasteiger partial charge in [0.05, 0.1) is 18.2 Å². The lowest BCUT2D eigenvalue weighted by Gasteiger charge is -2.30. The molecule has 4 heterocycles. The first-order valence-electron chi connectivity index (χ1n) is 8.37. The molecule has 5 nitrogen and oxygen atoms in total. The summed E-state index contributed by atoms with van der Waals surface area (Å²) in [5.41, 5.74) is 2.16. The van der Waals surface area contributed by atoms with E-state index in [2.05, 4.69) is 33.9 Å². The Morgan fingerprint density at radius 2 is 2.05 bits per heavy atom. The van der Waals surface area contributed by atoms with E-state index in [0.29, 0.717) is 17.9 Å². The maximum absolute atomic E-state index is 6.49. The second-order valence-electron chi connectivity index (χ2n) is 7.62. The molecule has 120 valence electrons. The highest BCUT2D eigenvalue weighted by Crippen LogP contribution is 2.55. The number of anilines is 1. The van der Waals surface area contributed by atoms with Gasteiger partial charge in [-0.3, -0.25) is 0 Å². The third-order valence-electron chi connectivity index (χ3n) is 5.61. The topological polar surface area (TPSA) is 41.5 Å². The second kappa shape index (κ2) is 4.90. The molecule has 1 spiro atoms. The van der Waals surface area contributed by atoms with E-state index in [4.69, 9.17) is 4.74 Å². The first kappa shape index (κ1) is 14.4. The molecule has 4 rings (SSSR count). The second-order valence-corrected chi connectivity index (χ2v) is 7.62. The summed E-state index contributed by atoms with van der Waals surface area (Å²) in [6.07, 6.45) is 2.89. The van der Waals surface area contributed by atoms with E-state index >= 15 is 0 Å². The van der Waals surface area contributed by atoms with Crippen LogP contribution in [-0.2, 0) is 4.74 Å². The zero-order chi connectivity index (χ0) is 15.5. The number of nitrogens with zero attached hydrogens (tertiary/aromatic N) is 4. The fourth-order valence-electron chi connectivity index (χ4n) is 4.86. The molecule has 1 aromatic rings. The fraction of sp³-hybridized carbons (Fsp3) is 0.765. The average molecular weight is 302 g/mol. The Morgan fingerprint density at radius 3 is 2.73 bits per heavy atom. The van der Waals surface area contributed by atoms with E-state index in [1.54, 1.807) is 0 Å². The number of ether oxygens (including phenoxy) is 1. The third-order valence-corrected chi connectivity index (χ3v) is 5.61. The van der Waals surface area contributed by atoms with Crippen LogP contribution in [0, 0.1) is 25.7 Å². The van der Waals surface area contributed by atoms with Crippen LogP contribution in [0.3, 0.4) is 0 Å². The Kier molecular flexibility index (Phi) is 3.20. The summed E-state index contributed by atoms with van der Waals surface area (Å²) >= 11 is 0. The Bertz CT molecular complexity index is 570. The molecule has 0 amide bonds. The van der Waals surface area contributed by atoms with Crippen LogP contribution in [0.1, 0.15) is 24.2 Å². The maximum atomic E-state index is 6.49. The summed E-state index contributed by atoms with van der Waals surface area (Å²) in [7, 11) is 4.33. The number of aromatic nitrogens is 2. The lowest BCUT2D eigenvalue weighted by molar-refractivity contribution is 0.0136. The van der Waals surface area contributed by atoms with Crippen molar-refractivity contribution in [3.63, 3.8) is 0 Å². The largest absolute Gasteiger partial charge is 0.369 e. The highest BCUT2D eigenvalue weighted by Gasteiger charge is 2.63. The standard InChI is InChI=1S/C17H26N4O/c1-11-7-12(2)19-16(18-11)21-9-14-13(8-20(3)4)15-5-6-17(14,10-21)22-15/h7,13-15H,5-6,8-10H2,1-4H3/t13-,14+,15+,17+/m0/s1. The Hall–Kier alpha value is -1.20. The van der Waals surface area contributed by atoms with Crippen molar-refractivity contribution in [1.82, 2.24) is 14.9 Å². The van der Waals surface area contributed by atoms with Crippen LogP contribution in [0.2, 0.25) is 0 Å². The lowest BCUT2D eigenvalue weighted by Crippen LogP contribution is -2.40. The number of rotatable bonds is 3. The van der Waals surface area contributed by atoms with Crippen molar-refractivity contribution in [3.8, 4) is 0 Å². The van der Waals surface area contributed by atoms with Gasteiger partial charge in [0, 0.05) is 36.3 Å². The molecule has 3 fully saturated rings. The molecular formula is C17H26N4O. The van der Waals surface area contributed by atoms with E-state index < -0.39 is 0 Å². The van der Waals surface area contributed by atoms with Gasteiger partial charge >= 0.3 is 0 Å². The van der Waals surface area contributed by atoms with E-state index in [0.717, 1.165) is 37.0 Å². The number of hydrogen-bond donors (Lipinski definition) is 0. The number of fused-ring (bicyclic) bond motifs is 1. The molecule has 22 heavy (non-hydrogen) atoms. The average Bonchev–Trinajstić information content (AvgIpc) is 3.06. The first-order chi connectivity index (χ1) is 10.5. The zero-order valence-corrected chi connectivity index (χ0v) is 14.0. The SMILES string of the molecule is Cc1cc(C)nc(N2C[C@@H]3[C@H](CN(C)C)[C@H]4CC[C@]3(C2)O4)n1. The van der Waals surface area contributed by atoms with Gasteiger partial charge in [0.15, 0.2) is 0 Å². The molecule has 5 heteroatoms. The Balaban J connectivity index is 1.60. The van der Waals surface area contributed by atoms with Crippen LogP contribution in [-0.4, -0.2) is 60.3 Å². The van der Waals surface area contributed by atoms with Crippen molar-refractivity contribution in [2.24, 2.45) is 11.8 Å². The first-order valence-corrected chi connectivity index (χ1v) is 8.37. The predicted molar refractivity (Wildman–Crippen MR) is 86.1 cm³/mol. The van der Waals surface area contributed by atoms with Crippen LogP contribution in [0.25, 0.3) is 0 Å². The van der Waals surface area contributed by atoms with Gasteiger partial charge in [0.25, 0.3) is 0 Å². The van der Waals surface area contributed by atoms with Gasteiger partial charge in [-0.2, -0.15) is 0 Å². The van der Waals surface area contributed by atoms with Gasteiger partial charge in [-0.15, -0.1) is 0 Å². The van der Waals surface area contributed by atoms with Crippen molar-refractivity contribution in [2.75, 3.05) is 38.6 Å². The molecular weight excluding hydrogens is 276 g/mol. The van der Waals surface area contributed by atoms with Gasteiger partial charge in [0.1, 0.15) is 0 Å². The Morgan fingerprint density at radius 1 is 1.32 bits per heavy atom. The molecule has 2 bridgehead atoms. The minimum Gasteiger partial charge on any atom is -0.369 e. The van der Waals surface area contributed by atoms with Crippen molar-refractivity contribution in [3.05, 3.63) is 17.5 Å². The lowest BCUT2D eigenvalue weighted by atomic mass is 9.73. The summed E-state index contributed by atoms with van der Waals surface area (Å²) < 4.78 is 6.49. The normalized spacial score (nSPS) is 36.4. The summed E-state index contributed by atoms with van der Waals surface area (Å²) in [5.74, 6) is 2.16. The predicted octanol–water partition coefficient (Wildman–Crippen LogP) is 1.64. The number of hydrogen-bond acceptors (Lipinski definition) is 5. The molecule has 0 aromatic carbocycles. The summed E-state index contributed by atoms with van der Waals surface area (Å²) in [6, 6.07) is 2.04. The summed E-state index contributed by atoms with van der Waals surface area (Å²) in [5, 5.41) is 0. The van der Waals surface area contributed by atoms with Crippen molar-refractivity contribution >= 4 is 5.95 Å². The van der Waals surface area contributed by atoms with Crippen molar-refractivity contribution < 1.29 is 4.74 Å². The molecule has 3 aliphatic rings. The van der Waals surface area contributed by atoms with Gasteiger partial charge in [-0.1, -0.05) is 0 Å². The molecule has 3 aliphatic heterocycles. The van der Waals surface area contributed by atoms with Gasteiger partial charge in [-0.25, -0.2) is 9.97 Å². The fourth-order valence-corrected chi connectivity index (χ4v) is 4.86. The van der Waals surface area contributed by atoms with Crippen LogP contribution in [0.5, 0.6) is 0 Å². The van der Waals surface area contributed by atoms with E-state index in [-0.39, 0.29) is 5.60 Å². The smallest absolute Gasteiger partial charge is 0.225 e. The van der Waals surface area contributed by atoms with Gasteiger partial charge in [0.2, 0.25) is 5.95 Å². The van der Waals surface area contributed by atoms with Crippen LogP contribution < -0.4 is 4.90 Å². The third kappa shape index (κ3) is 2.14. The van der Waals surface area contributed by atoms with Gasteiger partial charge < -0.3 is 14.5 Å². The van der Waals surface area contributed by atoms with Crippen LogP contribution in [0.15, 0.2) is 6.07 Å². The summed E-state index contributed by atoms with van der Waals surface area (Å²) in [6.45, 7) is 7.21. The molecule has 3 saturated heterocycles. The Labute approximate surface area is 132 Å². The quantitative estimate of drug-likeness (QED) is 0.849. The molecule has 0 radical (unpaired) electrons. The van der Waals surface area contributed by atoms with E-state index in [9.17, 15) is 0 Å². The number of aryl methyl sites for hydroxylation is 2. The highest BCUT2D eigenvalue weighted by molar-refractivity contribution is 5.38. The zero-order valence-electron chi connectivity index (χ0n) is 14.0. The van der Waals surface area contributed by atoms with Gasteiger partial charge in [-0.05, 0) is 46.9 Å². The van der Waals surface area contributed by atoms with E-state index in [1.807, 2.05) is 19.9 Å². The molecule has 0 N–H and O–H groups in total. The molecule has 0 unspecified atom stereocenters. The molecule has 4 atom stereocenters. The van der Waals surface area contributed by atoms with Crippen LogP contribution in [0.4, 0.5) is 5.95 Å². The summed E-state index contributed by atoms with van der Waals surface area (Å²) in [4.78, 5) is 14.0. The minimum absolute atomic E-state index is 0.0619. The van der Waals surface area contributed by atoms with Crippen LogP contribution >= 0.6 is 0 Å². The maximum Gasteiger partial charge on any atom is 0.225 e. The molecule has 0 aliphatic carbocycles. The van der Waals surface area contributed by atoms with Crippen molar-refractivity contribution in [1.29, 1.82) is 0 Å². The minimum atomic E-state index is 0.0619.